The fourth-order valence-corrected chi connectivity index (χ4v) is 5.68. The molecule has 2 aromatic carbocycles. The van der Waals surface area contributed by atoms with E-state index in [2.05, 4.69) is 20.9 Å². The van der Waals surface area contributed by atoms with E-state index in [0.29, 0.717) is 50.0 Å². The Morgan fingerprint density at radius 2 is 1.84 bits per heavy atom. The van der Waals surface area contributed by atoms with Crippen LogP contribution < -0.4 is 29.1 Å². The van der Waals surface area contributed by atoms with Crippen molar-refractivity contribution in [2.24, 2.45) is 4.99 Å². The van der Waals surface area contributed by atoms with Crippen LogP contribution in [0.25, 0.3) is 6.08 Å². The van der Waals surface area contributed by atoms with Crippen LogP contribution in [-0.4, -0.2) is 38.0 Å². The third-order valence-corrected chi connectivity index (χ3v) is 7.49. The van der Waals surface area contributed by atoms with Crippen molar-refractivity contribution in [3.63, 3.8) is 0 Å². The van der Waals surface area contributed by atoms with Crippen molar-refractivity contribution >= 4 is 39.3 Å². The second-order valence-electron chi connectivity index (χ2n) is 8.00. The molecule has 0 fully saturated rings. The van der Waals surface area contributed by atoms with Gasteiger partial charge in [-0.25, -0.2) is 9.79 Å². The van der Waals surface area contributed by atoms with Gasteiger partial charge in [0.05, 0.1) is 43.2 Å². The number of para-hydroxylation sites is 1. The highest BCUT2D eigenvalue weighted by atomic mass is 79.9. The first-order chi connectivity index (χ1) is 17.8. The van der Waals surface area contributed by atoms with Gasteiger partial charge in [-0.3, -0.25) is 9.36 Å². The van der Waals surface area contributed by atoms with E-state index in [1.807, 2.05) is 31.2 Å². The third-order valence-electron chi connectivity index (χ3n) is 5.82. The Morgan fingerprint density at radius 3 is 2.51 bits per heavy atom. The van der Waals surface area contributed by atoms with E-state index in [4.69, 9.17) is 18.9 Å². The number of allylic oxidation sites excluding steroid dienone is 1. The monoisotopic (exact) mass is 586 g/mol. The lowest BCUT2D eigenvalue weighted by Gasteiger charge is -2.25. The van der Waals surface area contributed by atoms with Gasteiger partial charge in [-0.1, -0.05) is 45.5 Å². The Kier molecular flexibility index (Phi) is 8.19. The molecule has 194 valence electrons. The Balaban J connectivity index is 1.96. The number of carbonyl (C=O) groups excluding carboxylic acids is 1. The molecule has 0 spiro atoms. The summed E-state index contributed by atoms with van der Waals surface area (Å²) in [5.41, 5.74) is 1.91. The van der Waals surface area contributed by atoms with E-state index in [1.165, 1.54) is 15.9 Å². The molecule has 1 atom stereocenters. The van der Waals surface area contributed by atoms with Crippen LogP contribution in [0.2, 0.25) is 0 Å². The fourth-order valence-electron chi connectivity index (χ4n) is 4.21. The zero-order valence-electron chi connectivity index (χ0n) is 21.2. The molecule has 1 aliphatic rings. The SMILES string of the molecule is CCOC(=O)C1=C(C)N=c2s/c(=C\c3cc(OC)c(OCC)cc3Br)c(=O)n2[C@H]1c1ccccc1OC. The highest BCUT2D eigenvalue weighted by molar-refractivity contribution is 9.10. The average molecular weight is 587 g/mol. The van der Waals surface area contributed by atoms with Crippen molar-refractivity contribution < 1.29 is 23.7 Å². The summed E-state index contributed by atoms with van der Waals surface area (Å²) in [7, 11) is 3.12. The highest BCUT2D eigenvalue weighted by Gasteiger charge is 2.35. The molecule has 3 aromatic rings. The minimum Gasteiger partial charge on any atom is -0.496 e. The molecule has 10 heteroatoms. The standard InChI is InChI=1S/C27H27BrN2O6S/c1-6-35-21-14-18(28)16(12-20(21)34-5)13-22-25(31)30-24(17-10-8-9-11-19(17)33-4)23(26(32)36-7-2)15(3)29-27(30)37-22/h8-14,24H,6-7H2,1-5H3/b22-13-/t24-/m0/s1. The molecule has 0 unspecified atom stereocenters. The minimum atomic E-state index is -0.757. The van der Waals surface area contributed by atoms with Crippen molar-refractivity contribution in [2.45, 2.75) is 26.8 Å². The van der Waals surface area contributed by atoms with Crippen LogP contribution in [0.4, 0.5) is 0 Å². The molecule has 0 saturated heterocycles. The lowest BCUT2D eigenvalue weighted by atomic mass is 9.95. The molecule has 4 rings (SSSR count). The molecule has 2 heterocycles. The smallest absolute Gasteiger partial charge is 0.338 e. The molecular formula is C27H27BrN2O6S. The number of hydrogen-bond donors (Lipinski definition) is 0. The van der Waals surface area contributed by atoms with E-state index in [9.17, 15) is 9.59 Å². The number of rotatable bonds is 8. The van der Waals surface area contributed by atoms with Gasteiger partial charge in [0, 0.05) is 10.0 Å². The summed E-state index contributed by atoms with van der Waals surface area (Å²) in [6.45, 7) is 6.08. The van der Waals surface area contributed by atoms with E-state index < -0.39 is 12.0 Å². The van der Waals surface area contributed by atoms with Gasteiger partial charge in [0.25, 0.3) is 5.56 Å². The predicted molar refractivity (Wildman–Crippen MR) is 145 cm³/mol. The minimum absolute atomic E-state index is 0.201. The molecule has 0 aliphatic carbocycles. The van der Waals surface area contributed by atoms with Crippen molar-refractivity contribution in [1.82, 2.24) is 4.57 Å². The van der Waals surface area contributed by atoms with Crippen molar-refractivity contribution in [3.8, 4) is 17.2 Å². The first-order valence-electron chi connectivity index (χ1n) is 11.7. The van der Waals surface area contributed by atoms with Gasteiger partial charge < -0.3 is 18.9 Å². The Bertz CT molecular complexity index is 1560. The number of methoxy groups -OCH3 is 2. The van der Waals surface area contributed by atoms with Crippen molar-refractivity contribution in [2.75, 3.05) is 27.4 Å². The quantitative estimate of drug-likeness (QED) is 0.371. The summed E-state index contributed by atoms with van der Waals surface area (Å²) in [6, 6.07) is 10.2. The number of esters is 1. The van der Waals surface area contributed by atoms with Crippen LogP contribution in [-0.2, 0) is 9.53 Å². The molecule has 0 N–H and O–H groups in total. The molecule has 1 aliphatic heterocycles. The van der Waals surface area contributed by atoms with Gasteiger partial charge in [0.15, 0.2) is 16.3 Å². The second-order valence-corrected chi connectivity index (χ2v) is 9.87. The maximum Gasteiger partial charge on any atom is 0.338 e. The number of nitrogens with zero attached hydrogens (tertiary/aromatic N) is 2. The van der Waals surface area contributed by atoms with Gasteiger partial charge in [-0.2, -0.15) is 0 Å². The highest BCUT2D eigenvalue weighted by Crippen LogP contribution is 2.36. The van der Waals surface area contributed by atoms with Gasteiger partial charge in [-0.05, 0) is 50.6 Å². The van der Waals surface area contributed by atoms with Gasteiger partial charge >= 0.3 is 5.97 Å². The largest absolute Gasteiger partial charge is 0.496 e. The number of hydrogen-bond acceptors (Lipinski definition) is 8. The number of carbonyl (C=O) groups is 1. The van der Waals surface area contributed by atoms with Crippen LogP contribution in [0.15, 0.2) is 61.9 Å². The molecular weight excluding hydrogens is 560 g/mol. The Hall–Kier alpha value is -3.37. The maximum atomic E-state index is 13.9. The van der Waals surface area contributed by atoms with E-state index in [1.54, 1.807) is 46.3 Å². The van der Waals surface area contributed by atoms with Gasteiger partial charge in [0.2, 0.25) is 0 Å². The van der Waals surface area contributed by atoms with Crippen LogP contribution >= 0.6 is 27.3 Å². The number of thiazole rings is 1. The van der Waals surface area contributed by atoms with E-state index >= 15 is 0 Å². The summed E-state index contributed by atoms with van der Waals surface area (Å²) in [5, 5.41) is 0. The average Bonchev–Trinajstić information content (AvgIpc) is 3.19. The predicted octanol–water partition coefficient (Wildman–Crippen LogP) is 3.98. The lowest BCUT2D eigenvalue weighted by molar-refractivity contribution is -0.139. The first kappa shape index (κ1) is 26.7. The molecule has 8 nitrogen and oxygen atoms in total. The van der Waals surface area contributed by atoms with Crippen molar-refractivity contribution in [3.05, 3.63) is 83.0 Å². The molecule has 0 bridgehead atoms. The molecule has 0 saturated carbocycles. The second kappa shape index (κ2) is 11.4. The van der Waals surface area contributed by atoms with Gasteiger partial charge in [-0.15, -0.1) is 0 Å². The van der Waals surface area contributed by atoms with Crippen LogP contribution in [0, 0.1) is 0 Å². The van der Waals surface area contributed by atoms with E-state index in [0.717, 1.165) is 10.0 Å². The number of benzene rings is 2. The number of aromatic nitrogens is 1. The zero-order chi connectivity index (χ0) is 26.7. The number of ether oxygens (including phenoxy) is 4. The molecule has 37 heavy (non-hydrogen) atoms. The summed E-state index contributed by atoms with van der Waals surface area (Å²) in [6.07, 6.45) is 1.77. The summed E-state index contributed by atoms with van der Waals surface area (Å²) >= 11 is 4.82. The zero-order valence-corrected chi connectivity index (χ0v) is 23.6. The lowest BCUT2D eigenvalue weighted by Crippen LogP contribution is -2.40. The number of fused-ring (bicyclic) bond motifs is 1. The topological polar surface area (TPSA) is 88.4 Å². The van der Waals surface area contributed by atoms with Crippen LogP contribution in [0.5, 0.6) is 17.2 Å². The summed E-state index contributed by atoms with van der Waals surface area (Å²) < 4.78 is 24.8. The summed E-state index contributed by atoms with van der Waals surface area (Å²) in [5.74, 6) is 1.18. The third kappa shape index (κ3) is 5.08. The fraction of sp³-hybridized carbons (Fsp3) is 0.296. The molecule has 0 amide bonds. The molecule has 1 aromatic heterocycles. The Labute approximate surface area is 226 Å². The maximum absolute atomic E-state index is 13.9. The van der Waals surface area contributed by atoms with E-state index in [-0.39, 0.29) is 12.2 Å². The van der Waals surface area contributed by atoms with Gasteiger partial charge in [0.1, 0.15) is 11.8 Å². The summed E-state index contributed by atoms with van der Waals surface area (Å²) in [4.78, 5) is 32.0. The van der Waals surface area contributed by atoms with Crippen LogP contribution in [0.1, 0.15) is 37.9 Å². The van der Waals surface area contributed by atoms with Crippen LogP contribution in [0.3, 0.4) is 0 Å². The van der Waals surface area contributed by atoms with Crippen molar-refractivity contribution in [1.29, 1.82) is 0 Å². The number of halogens is 1. The first-order valence-corrected chi connectivity index (χ1v) is 13.3. The normalized spacial score (nSPS) is 15.2. The Morgan fingerprint density at radius 1 is 1.11 bits per heavy atom. The molecule has 0 radical (unpaired) electrons.